The minimum atomic E-state index is 0.201. The number of ether oxygens (including phenoxy) is 1. The quantitative estimate of drug-likeness (QED) is 0.540. The van der Waals surface area contributed by atoms with E-state index in [4.69, 9.17) is 0 Å². The zero-order valence-corrected chi connectivity index (χ0v) is 6.81. The van der Waals surface area contributed by atoms with Gasteiger partial charge in [-0.05, 0) is 13.3 Å². The average Bonchev–Trinajstić information content (AvgIpc) is 2.17. The molecule has 0 spiro atoms. The molecule has 0 aliphatic carbocycles. The Morgan fingerprint density at radius 1 is 1.60 bits per heavy atom. The molecule has 60 valence electrons. The molecule has 3 nitrogen and oxygen atoms in total. The Bertz CT molecular complexity index is 104. The van der Waals surface area contributed by atoms with Gasteiger partial charge in [-0.3, -0.25) is 4.79 Å². The highest BCUT2D eigenvalue weighted by Gasteiger charge is 2.14. The van der Waals surface area contributed by atoms with Gasteiger partial charge >= 0.3 is 0 Å². The number of nitrogens with one attached hydrogen (secondary N) is 1. The number of hydrogen-bond acceptors (Lipinski definition) is 2. The molecule has 0 aromatic rings. The molecule has 0 radical (unpaired) electrons. The zero-order valence-electron chi connectivity index (χ0n) is 6.81. The first kappa shape index (κ1) is 9.43. The molecule has 0 aromatic heterocycles. The van der Waals surface area contributed by atoms with Crippen LogP contribution in [0.15, 0.2) is 0 Å². The smallest absolute Gasteiger partial charge is 0.220 e. The van der Waals surface area contributed by atoms with Crippen LogP contribution in [0.4, 0.5) is 0 Å². The van der Waals surface area contributed by atoms with Gasteiger partial charge in [0, 0.05) is 26.7 Å². The van der Waals surface area contributed by atoms with Crippen molar-refractivity contribution in [2.24, 2.45) is 0 Å². The van der Waals surface area contributed by atoms with Gasteiger partial charge in [0.15, 0.2) is 0 Å². The van der Waals surface area contributed by atoms with Crippen LogP contribution in [0.2, 0.25) is 0 Å². The molecule has 1 heterocycles. The summed E-state index contributed by atoms with van der Waals surface area (Å²) < 4.78 is 4.25. The summed E-state index contributed by atoms with van der Waals surface area (Å²) in [5.41, 5.74) is 0. The first-order chi connectivity index (χ1) is 4.70. The van der Waals surface area contributed by atoms with Crippen molar-refractivity contribution in [1.82, 2.24) is 5.32 Å². The molecule has 1 atom stereocenters. The third kappa shape index (κ3) is 4.32. The molecule has 1 saturated heterocycles. The number of amides is 1. The molecule has 1 amide bonds. The lowest BCUT2D eigenvalue weighted by atomic mass is 10.3. The molecule has 0 aromatic carbocycles. The second kappa shape index (κ2) is 5.23. The van der Waals surface area contributed by atoms with Gasteiger partial charge in [-0.15, -0.1) is 0 Å². The summed E-state index contributed by atoms with van der Waals surface area (Å²) in [6, 6.07) is 0.424. The second-order valence-corrected chi connectivity index (χ2v) is 2.42. The fourth-order valence-electron chi connectivity index (χ4n) is 0.767. The lowest BCUT2D eigenvalue weighted by molar-refractivity contribution is -0.119. The van der Waals surface area contributed by atoms with Crippen LogP contribution in [-0.4, -0.2) is 26.2 Å². The summed E-state index contributed by atoms with van der Waals surface area (Å²) in [4.78, 5) is 10.3. The monoisotopic (exact) mass is 145 g/mol. The molecule has 3 heteroatoms. The summed E-state index contributed by atoms with van der Waals surface area (Å²) in [6.07, 6.45) is 1.74. The van der Waals surface area contributed by atoms with Gasteiger partial charge in [0.1, 0.15) is 0 Å². The second-order valence-electron chi connectivity index (χ2n) is 2.42. The molecule has 0 saturated carbocycles. The van der Waals surface area contributed by atoms with Crippen LogP contribution in [-0.2, 0) is 9.53 Å². The highest BCUT2D eigenvalue weighted by Crippen LogP contribution is 2.03. The Labute approximate surface area is 61.8 Å². The normalized spacial score (nSPS) is 23.1. The molecule has 1 fully saturated rings. The average molecular weight is 145 g/mol. The molecule has 1 aliphatic heterocycles. The van der Waals surface area contributed by atoms with E-state index in [1.165, 1.54) is 0 Å². The van der Waals surface area contributed by atoms with E-state index in [2.05, 4.69) is 10.1 Å². The minimum absolute atomic E-state index is 0.201. The van der Waals surface area contributed by atoms with Crippen LogP contribution in [0.25, 0.3) is 0 Å². The van der Waals surface area contributed by atoms with E-state index >= 15 is 0 Å². The van der Waals surface area contributed by atoms with Crippen molar-refractivity contribution in [2.75, 3.05) is 14.2 Å². The Balaban J connectivity index is 0.000000236. The largest absolute Gasteiger partial charge is 0.388 e. The van der Waals surface area contributed by atoms with Crippen molar-refractivity contribution in [3.05, 3.63) is 0 Å². The Hall–Kier alpha value is -0.570. The molecule has 1 N–H and O–H groups in total. The van der Waals surface area contributed by atoms with Crippen molar-refractivity contribution < 1.29 is 9.53 Å². The third-order valence-corrected chi connectivity index (χ3v) is 1.21. The predicted octanol–water partition coefficient (Wildman–Crippen LogP) is 0.547. The maximum atomic E-state index is 10.3. The number of methoxy groups -OCH3 is 1. The first-order valence-corrected chi connectivity index (χ1v) is 3.40. The summed E-state index contributed by atoms with van der Waals surface area (Å²) in [7, 11) is 3.25. The molecular weight excluding hydrogens is 130 g/mol. The van der Waals surface area contributed by atoms with Gasteiger partial charge in [0.2, 0.25) is 5.91 Å². The Morgan fingerprint density at radius 2 is 2.10 bits per heavy atom. The van der Waals surface area contributed by atoms with Crippen molar-refractivity contribution >= 4 is 5.91 Å². The Morgan fingerprint density at radius 3 is 2.20 bits per heavy atom. The number of carbonyl (C=O) groups is 1. The van der Waals surface area contributed by atoms with E-state index in [0.29, 0.717) is 6.04 Å². The van der Waals surface area contributed by atoms with Crippen LogP contribution in [0.3, 0.4) is 0 Å². The van der Waals surface area contributed by atoms with Gasteiger partial charge in [0.25, 0.3) is 0 Å². The van der Waals surface area contributed by atoms with Crippen LogP contribution in [0, 0.1) is 0 Å². The molecular formula is C7H15NO2. The van der Waals surface area contributed by atoms with Gasteiger partial charge in [-0.1, -0.05) is 0 Å². The lowest BCUT2D eigenvalue weighted by Gasteiger charge is -1.95. The van der Waals surface area contributed by atoms with Crippen molar-refractivity contribution in [3.63, 3.8) is 0 Å². The topological polar surface area (TPSA) is 38.3 Å². The van der Waals surface area contributed by atoms with Crippen LogP contribution in [0.5, 0.6) is 0 Å². The third-order valence-electron chi connectivity index (χ3n) is 1.21. The SMILES string of the molecule is COC.C[C@H]1CCC(=O)N1. The molecule has 0 bridgehead atoms. The van der Waals surface area contributed by atoms with E-state index in [-0.39, 0.29) is 5.91 Å². The predicted molar refractivity (Wildman–Crippen MR) is 39.8 cm³/mol. The summed E-state index contributed by atoms with van der Waals surface area (Å²) in [5, 5.41) is 2.78. The minimum Gasteiger partial charge on any atom is -0.388 e. The first-order valence-electron chi connectivity index (χ1n) is 3.40. The standard InChI is InChI=1S/C5H9NO.C2H6O/c1-4-2-3-5(7)6-4;1-3-2/h4H,2-3H2,1H3,(H,6,7);1-2H3/t4-;/m0./s1. The Kier molecular flexibility index (Phi) is 4.94. The van der Waals surface area contributed by atoms with Crippen molar-refractivity contribution in [3.8, 4) is 0 Å². The molecule has 1 rings (SSSR count). The van der Waals surface area contributed by atoms with Crippen LogP contribution >= 0.6 is 0 Å². The fraction of sp³-hybridized carbons (Fsp3) is 0.857. The van der Waals surface area contributed by atoms with Gasteiger partial charge in [-0.25, -0.2) is 0 Å². The number of carbonyl (C=O) groups excluding carboxylic acids is 1. The summed E-state index contributed by atoms with van der Waals surface area (Å²) >= 11 is 0. The molecule has 10 heavy (non-hydrogen) atoms. The highest BCUT2D eigenvalue weighted by atomic mass is 16.4. The lowest BCUT2D eigenvalue weighted by Crippen LogP contribution is -2.21. The summed E-state index contributed by atoms with van der Waals surface area (Å²) in [6.45, 7) is 2.02. The molecule has 1 aliphatic rings. The highest BCUT2D eigenvalue weighted by molar-refractivity contribution is 5.78. The van der Waals surface area contributed by atoms with Gasteiger partial charge in [0.05, 0.1) is 0 Å². The van der Waals surface area contributed by atoms with Gasteiger partial charge < -0.3 is 10.1 Å². The van der Waals surface area contributed by atoms with Crippen molar-refractivity contribution in [1.29, 1.82) is 0 Å². The van der Waals surface area contributed by atoms with E-state index in [0.717, 1.165) is 12.8 Å². The number of rotatable bonds is 0. The summed E-state index contributed by atoms with van der Waals surface area (Å²) in [5.74, 6) is 0.201. The number of hydrogen-bond donors (Lipinski definition) is 1. The zero-order chi connectivity index (χ0) is 7.98. The van der Waals surface area contributed by atoms with E-state index < -0.39 is 0 Å². The van der Waals surface area contributed by atoms with E-state index in [9.17, 15) is 4.79 Å². The van der Waals surface area contributed by atoms with Gasteiger partial charge in [-0.2, -0.15) is 0 Å². The maximum Gasteiger partial charge on any atom is 0.220 e. The fourth-order valence-corrected chi connectivity index (χ4v) is 0.767. The van der Waals surface area contributed by atoms with Crippen LogP contribution in [0.1, 0.15) is 19.8 Å². The van der Waals surface area contributed by atoms with E-state index in [1.54, 1.807) is 14.2 Å². The van der Waals surface area contributed by atoms with Crippen LogP contribution < -0.4 is 5.32 Å². The maximum absolute atomic E-state index is 10.3. The molecule has 0 unspecified atom stereocenters. The van der Waals surface area contributed by atoms with E-state index in [1.807, 2.05) is 6.92 Å². The van der Waals surface area contributed by atoms with Crippen molar-refractivity contribution in [2.45, 2.75) is 25.8 Å².